The van der Waals surface area contributed by atoms with Gasteiger partial charge in [-0.2, -0.15) is 0 Å². The molecule has 0 aliphatic heterocycles. The summed E-state index contributed by atoms with van der Waals surface area (Å²) in [6.45, 7) is 10.7. The molecule has 0 atom stereocenters. The zero-order valence-corrected chi connectivity index (χ0v) is 9.42. The molecular weight excluding hydrogens is 168 g/mol. The molecule has 3 heteroatoms. The summed E-state index contributed by atoms with van der Waals surface area (Å²) < 4.78 is 10.1. The van der Waals surface area contributed by atoms with Crippen molar-refractivity contribution in [3.05, 3.63) is 0 Å². The monoisotopic (exact) mass is 190 g/mol. The Morgan fingerprint density at radius 1 is 1.15 bits per heavy atom. The van der Waals surface area contributed by atoms with Crippen molar-refractivity contribution in [1.29, 1.82) is 0 Å². The van der Waals surface area contributed by atoms with Gasteiger partial charge in [-0.3, -0.25) is 0 Å². The van der Waals surface area contributed by atoms with Gasteiger partial charge in [-0.05, 0) is 27.7 Å². The van der Waals surface area contributed by atoms with E-state index in [0.717, 1.165) is 13.2 Å². The average molecular weight is 190 g/mol. The fourth-order valence-electron chi connectivity index (χ4n) is 0.518. The van der Waals surface area contributed by atoms with E-state index in [1.54, 1.807) is 6.92 Å². The molecule has 80 valence electrons. The summed E-state index contributed by atoms with van der Waals surface area (Å²) >= 11 is 0. The van der Waals surface area contributed by atoms with Gasteiger partial charge in [0.2, 0.25) is 0 Å². The van der Waals surface area contributed by atoms with Crippen LogP contribution in [0.3, 0.4) is 0 Å². The second kappa shape index (κ2) is 11.6. The number of ether oxygens (including phenoxy) is 2. The Kier molecular flexibility index (Phi) is 13.4. The topological polar surface area (TPSA) is 35.5 Å². The maximum atomic E-state index is 9.81. The second-order valence-corrected chi connectivity index (χ2v) is 2.53. The first-order chi connectivity index (χ1) is 6.08. The van der Waals surface area contributed by atoms with Gasteiger partial charge < -0.3 is 14.3 Å². The zero-order chi connectivity index (χ0) is 10.7. The molecule has 0 spiro atoms. The van der Waals surface area contributed by atoms with E-state index in [0.29, 0.717) is 6.42 Å². The standard InChI is InChI=1S/C6H14O2.C4H8O/c1-4-7-6(3)8-5-2;1-3-4(2)5/h6H,4-5H2,1-3H3;3H2,1-2H3. The van der Waals surface area contributed by atoms with E-state index in [9.17, 15) is 4.79 Å². The molecule has 0 unspecified atom stereocenters. The molecule has 0 heterocycles. The van der Waals surface area contributed by atoms with Crippen molar-refractivity contribution in [2.75, 3.05) is 13.2 Å². The van der Waals surface area contributed by atoms with Crippen LogP contribution < -0.4 is 0 Å². The lowest BCUT2D eigenvalue weighted by atomic mass is 10.4. The molecule has 0 aromatic rings. The SMILES string of the molecule is CCC(C)=O.CCOC(C)OCC. The van der Waals surface area contributed by atoms with E-state index < -0.39 is 0 Å². The van der Waals surface area contributed by atoms with E-state index in [-0.39, 0.29) is 12.1 Å². The molecule has 0 aromatic carbocycles. The third-order valence-corrected chi connectivity index (χ3v) is 1.30. The molecule has 13 heavy (non-hydrogen) atoms. The molecule has 0 aromatic heterocycles. The molecule has 0 saturated carbocycles. The number of hydrogen-bond donors (Lipinski definition) is 0. The minimum Gasteiger partial charge on any atom is -0.353 e. The Morgan fingerprint density at radius 3 is 1.62 bits per heavy atom. The first kappa shape index (κ1) is 15.1. The molecule has 0 aliphatic carbocycles. The third kappa shape index (κ3) is 18.5. The fraction of sp³-hybridized carbons (Fsp3) is 0.900. The van der Waals surface area contributed by atoms with Crippen LogP contribution in [0.25, 0.3) is 0 Å². The Bertz CT molecular complexity index is 107. The Labute approximate surface area is 81.4 Å². The van der Waals surface area contributed by atoms with Gasteiger partial charge in [0.1, 0.15) is 5.78 Å². The van der Waals surface area contributed by atoms with Crippen LogP contribution in [0.5, 0.6) is 0 Å². The largest absolute Gasteiger partial charge is 0.353 e. The maximum absolute atomic E-state index is 9.81. The number of carbonyl (C=O) groups excluding carboxylic acids is 1. The van der Waals surface area contributed by atoms with Gasteiger partial charge in [0.15, 0.2) is 6.29 Å². The van der Waals surface area contributed by atoms with Crippen molar-refractivity contribution < 1.29 is 14.3 Å². The minimum atomic E-state index is -0.0370. The molecule has 0 rings (SSSR count). The first-order valence-corrected chi connectivity index (χ1v) is 4.81. The molecule has 0 radical (unpaired) electrons. The van der Waals surface area contributed by atoms with Gasteiger partial charge >= 0.3 is 0 Å². The van der Waals surface area contributed by atoms with Crippen molar-refractivity contribution in [1.82, 2.24) is 0 Å². The number of rotatable bonds is 5. The molecule has 0 aliphatic rings. The van der Waals surface area contributed by atoms with Gasteiger partial charge in [0, 0.05) is 19.6 Å². The lowest BCUT2D eigenvalue weighted by molar-refractivity contribution is -0.123. The molecule has 0 N–H and O–H groups in total. The van der Waals surface area contributed by atoms with Gasteiger partial charge in [0.05, 0.1) is 0 Å². The zero-order valence-electron chi connectivity index (χ0n) is 9.42. The highest BCUT2D eigenvalue weighted by Gasteiger charge is 1.94. The van der Waals surface area contributed by atoms with Crippen LogP contribution in [0.2, 0.25) is 0 Å². The van der Waals surface area contributed by atoms with E-state index in [4.69, 9.17) is 9.47 Å². The molecule has 0 saturated heterocycles. The van der Waals surface area contributed by atoms with Gasteiger partial charge in [-0.25, -0.2) is 0 Å². The number of Topliss-reactive ketones (excluding diaryl/α,β-unsaturated/α-hetero) is 1. The molecule has 3 nitrogen and oxygen atoms in total. The van der Waals surface area contributed by atoms with E-state index in [1.807, 2.05) is 27.7 Å². The third-order valence-electron chi connectivity index (χ3n) is 1.30. The van der Waals surface area contributed by atoms with Gasteiger partial charge in [-0.15, -0.1) is 0 Å². The second-order valence-electron chi connectivity index (χ2n) is 2.53. The van der Waals surface area contributed by atoms with Crippen LogP contribution >= 0.6 is 0 Å². The summed E-state index contributed by atoms with van der Waals surface area (Å²) in [5.41, 5.74) is 0. The van der Waals surface area contributed by atoms with E-state index >= 15 is 0 Å². The van der Waals surface area contributed by atoms with E-state index in [2.05, 4.69) is 0 Å². The van der Waals surface area contributed by atoms with Crippen LogP contribution in [0, 0.1) is 0 Å². The number of hydrogen-bond acceptors (Lipinski definition) is 3. The van der Waals surface area contributed by atoms with Crippen molar-refractivity contribution in [2.24, 2.45) is 0 Å². The minimum absolute atomic E-state index is 0.0370. The summed E-state index contributed by atoms with van der Waals surface area (Å²) in [5, 5.41) is 0. The van der Waals surface area contributed by atoms with Crippen LogP contribution in [0.1, 0.15) is 41.0 Å². The maximum Gasteiger partial charge on any atom is 0.154 e. The quantitative estimate of drug-likeness (QED) is 0.624. The van der Waals surface area contributed by atoms with Crippen molar-refractivity contribution in [3.63, 3.8) is 0 Å². The average Bonchev–Trinajstić information content (AvgIpc) is 2.06. The van der Waals surface area contributed by atoms with Gasteiger partial charge in [0.25, 0.3) is 0 Å². The predicted octanol–water partition coefficient (Wildman–Crippen LogP) is 2.39. The van der Waals surface area contributed by atoms with Crippen molar-refractivity contribution in [2.45, 2.75) is 47.3 Å². The van der Waals surface area contributed by atoms with E-state index in [1.165, 1.54) is 0 Å². The summed E-state index contributed by atoms with van der Waals surface area (Å²) in [6.07, 6.45) is 0.630. The van der Waals surface area contributed by atoms with Crippen LogP contribution in [0.15, 0.2) is 0 Å². The molecule has 0 fully saturated rings. The van der Waals surface area contributed by atoms with Crippen molar-refractivity contribution in [3.8, 4) is 0 Å². The summed E-state index contributed by atoms with van der Waals surface area (Å²) in [6, 6.07) is 0. The Hall–Kier alpha value is -0.410. The Morgan fingerprint density at radius 2 is 1.46 bits per heavy atom. The highest BCUT2D eigenvalue weighted by molar-refractivity contribution is 5.74. The smallest absolute Gasteiger partial charge is 0.154 e. The highest BCUT2D eigenvalue weighted by atomic mass is 16.7. The summed E-state index contributed by atoms with van der Waals surface area (Å²) in [7, 11) is 0. The number of carbonyl (C=O) groups is 1. The van der Waals surface area contributed by atoms with Crippen molar-refractivity contribution >= 4 is 5.78 Å². The van der Waals surface area contributed by atoms with Crippen LogP contribution in [-0.2, 0) is 14.3 Å². The summed E-state index contributed by atoms with van der Waals surface area (Å²) in [5.74, 6) is 0.255. The van der Waals surface area contributed by atoms with Crippen LogP contribution in [-0.4, -0.2) is 25.3 Å². The fourth-order valence-corrected chi connectivity index (χ4v) is 0.518. The molecular formula is C10H22O3. The lowest BCUT2D eigenvalue weighted by Crippen LogP contribution is -2.11. The molecule has 0 amide bonds. The lowest BCUT2D eigenvalue weighted by Gasteiger charge is -2.09. The van der Waals surface area contributed by atoms with Crippen LogP contribution in [0.4, 0.5) is 0 Å². The summed E-state index contributed by atoms with van der Waals surface area (Å²) in [4.78, 5) is 9.81. The normalized spacial score (nSPS) is 9.38. The molecule has 0 bridgehead atoms. The Balaban J connectivity index is 0. The first-order valence-electron chi connectivity index (χ1n) is 4.81. The highest BCUT2D eigenvalue weighted by Crippen LogP contribution is 1.90. The number of ketones is 1. The van der Waals surface area contributed by atoms with Gasteiger partial charge in [-0.1, -0.05) is 6.92 Å². The predicted molar refractivity (Wildman–Crippen MR) is 53.7 cm³/mol.